The van der Waals surface area contributed by atoms with E-state index in [9.17, 15) is 14.7 Å². The molecule has 3 aromatic rings. The largest absolute Gasteiger partial charge is 0.507 e. The number of likely N-dealkylation sites (N-methyl/N-ethyl adjacent to an activating group) is 1. The quantitative estimate of drug-likeness (QED) is 0.268. The van der Waals surface area contributed by atoms with Crippen molar-refractivity contribution in [1.29, 1.82) is 0 Å². The van der Waals surface area contributed by atoms with Gasteiger partial charge in [0.15, 0.2) is 11.5 Å². The number of amides is 1. The number of ketones is 1. The first-order valence-electron chi connectivity index (χ1n) is 12.9. The molecule has 1 amide bonds. The van der Waals surface area contributed by atoms with Gasteiger partial charge in [-0.2, -0.15) is 0 Å². The molecule has 1 fully saturated rings. The Morgan fingerprint density at radius 1 is 1.03 bits per heavy atom. The van der Waals surface area contributed by atoms with Gasteiger partial charge >= 0.3 is 0 Å². The lowest BCUT2D eigenvalue weighted by atomic mass is 9.94. The third kappa shape index (κ3) is 4.56. The number of hydrogen-bond acceptors (Lipinski definition) is 7. The molecular weight excluding hydrogens is 496 g/mol. The van der Waals surface area contributed by atoms with Crippen LogP contribution in [0.25, 0.3) is 5.76 Å². The van der Waals surface area contributed by atoms with E-state index in [1.54, 1.807) is 43.5 Å². The third-order valence-electron chi connectivity index (χ3n) is 7.19. The van der Waals surface area contributed by atoms with Crippen LogP contribution >= 0.6 is 0 Å². The molecule has 8 nitrogen and oxygen atoms in total. The van der Waals surface area contributed by atoms with Crippen molar-refractivity contribution < 1.29 is 28.9 Å². The van der Waals surface area contributed by atoms with Crippen LogP contribution in [-0.4, -0.2) is 50.7 Å². The van der Waals surface area contributed by atoms with Crippen LogP contribution in [0.1, 0.15) is 35.2 Å². The van der Waals surface area contributed by atoms with E-state index in [1.165, 1.54) is 4.90 Å². The zero-order valence-electron chi connectivity index (χ0n) is 22.8. The molecule has 1 unspecified atom stereocenters. The van der Waals surface area contributed by atoms with Gasteiger partial charge in [0.1, 0.15) is 18.1 Å². The van der Waals surface area contributed by atoms with Gasteiger partial charge in [0.25, 0.3) is 11.7 Å². The Morgan fingerprint density at radius 3 is 2.54 bits per heavy atom. The van der Waals surface area contributed by atoms with Crippen LogP contribution in [0.3, 0.4) is 0 Å². The number of aliphatic hydroxyl groups excluding tert-OH is 1. The number of rotatable bonds is 6. The van der Waals surface area contributed by atoms with Crippen LogP contribution in [-0.2, 0) is 9.59 Å². The fourth-order valence-electron chi connectivity index (χ4n) is 5.26. The normalized spacial score (nSPS) is 18.1. The maximum atomic E-state index is 13.7. The van der Waals surface area contributed by atoms with E-state index in [4.69, 9.17) is 14.2 Å². The van der Waals surface area contributed by atoms with Crippen LogP contribution in [0, 0.1) is 13.8 Å². The average molecular weight is 529 g/mol. The monoisotopic (exact) mass is 528 g/mol. The molecule has 0 saturated carbocycles. The Bertz CT molecular complexity index is 1490. The number of anilines is 2. The highest BCUT2D eigenvalue weighted by Crippen LogP contribution is 2.45. The SMILES string of the molecule is CCOc1cc(C2/C(=C(\O)c3ccc4c(c3)N(C)CCO4)C(=O)C(=O)N2c2ccc(C)cc2C)ccc1OC. The van der Waals surface area contributed by atoms with Crippen LogP contribution in [0.2, 0.25) is 0 Å². The minimum atomic E-state index is -0.887. The molecule has 8 heteroatoms. The fourth-order valence-corrected chi connectivity index (χ4v) is 5.26. The van der Waals surface area contributed by atoms with Gasteiger partial charge in [-0.05, 0) is 68.3 Å². The van der Waals surface area contributed by atoms with E-state index >= 15 is 0 Å². The van der Waals surface area contributed by atoms with Crippen LogP contribution < -0.4 is 24.0 Å². The Hall–Kier alpha value is -4.46. The first-order valence-corrected chi connectivity index (χ1v) is 12.9. The molecule has 2 heterocycles. The molecule has 0 aliphatic carbocycles. The van der Waals surface area contributed by atoms with Crippen molar-refractivity contribution in [2.45, 2.75) is 26.8 Å². The van der Waals surface area contributed by atoms with Gasteiger partial charge in [-0.1, -0.05) is 23.8 Å². The summed E-state index contributed by atoms with van der Waals surface area (Å²) in [7, 11) is 3.49. The molecule has 2 aliphatic heterocycles. The zero-order valence-corrected chi connectivity index (χ0v) is 22.8. The number of aliphatic hydroxyl groups is 1. The van der Waals surface area contributed by atoms with Gasteiger partial charge in [-0.25, -0.2) is 0 Å². The number of benzene rings is 3. The van der Waals surface area contributed by atoms with E-state index in [-0.39, 0.29) is 11.3 Å². The Labute approximate surface area is 228 Å². The summed E-state index contributed by atoms with van der Waals surface area (Å²) in [4.78, 5) is 30.8. The van der Waals surface area contributed by atoms with Gasteiger partial charge in [0.2, 0.25) is 0 Å². The summed E-state index contributed by atoms with van der Waals surface area (Å²) < 4.78 is 17.0. The van der Waals surface area contributed by atoms with Gasteiger partial charge in [-0.3, -0.25) is 14.5 Å². The van der Waals surface area contributed by atoms with Crippen LogP contribution in [0.5, 0.6) is 17.2 Å². The van der Waals surface area contributed by atoms with Crippen molar-refractivity contribution in [2.75, 3.05) is 43.7 Å². The highest BCUT2D eigenvalue weighted by Gasteiger charge is 2.47. The van der Waals surface area contributed by atoms with Gasteiger partial charge < -0.3 is 24.2 Å². The molecule has 2 aliphatic rings. The van der Waals surface area contributed by atoms with E-state index in [0.29, 0.717) is 53.8 Å². The van der Waals surface area contributed by atoms with Crippen molar-refractivity contribution in [3.05, 3.63) is 82.4 Å². The summed E-state index contributed by atoms with van der Waals surface area (Å²) >= 11 is 0. The minimum absolute atomic E-state index is 0.00641. The van der Waals surface area contributed by atoms with E-state index < -0.39 is 17.7 Å². The topological polar surface area (TPSA) is 88.5 Å². The summed E-state index contributed by atoms with van der Waals surface area (Å²) in [6.45, 7) is 7.40. The molecule has 1 saturated heterocycles. The van der Waals surface area contributed by atoms with Crippen LogP contribution in [0.4, 0.5) is 11.4 Å². The lowest BCUT2D eigenvalue weighted by molar-refractivity contribution is -0.132. The molecule has 0 radical (unpaired) electrons. The van der Waals surface area contributed by atoms with Gasteiger partial charge in [-0.15, -0.1) is 0 Å². The van der Waals surface area contributed by atoms with E-state index in [2.05, 4.69) is 0 Å². The molecule has 202 valence electrons. The maximum absolute atomic E-state index is 13.7. The van der Waals surface area contributed by atoms with E-state index in [1.807, 2.05) is 50.9 Å². The second-order valence-electron chi connectivity index (χ2n) is 9.75. The van der Waals surface area contributed by atoms with Crippen molar-refractivity contribution in [1.82, 2.24) is 0 Å². The number of fused-ring (bicyclic) bond motifs is 1. The standard InChI is InChI=1S/C31H32N2O6/c1-6-38-26-17-20(8-12-25(26)37-5)28-27(29(34)21-9-11-24-23(16-21)32(4)13-14-39-24)30(35)31(36)33(28)22-10-7-18(2)15-19(22)3/h7-12,15-17,28,34H,6,13-14H2,1-5H3/b29-27+. The number of methoxy groups -OCH3 is 1. The smallest absolute Gasteiger partial charge is 0.300 e. The van der Waals surface area contributed by atoms with Crippen molar-refractivity contribution >= 4 is 28.8 Å². The number of hydrogen-bond donors (Lipinski definition) is 1. The lowest BCUT2D eigenvalue weighted by Crippen LogP contribution is -2.30. The number of ether oxygens (including phenoxy) is 3. The molecule has 0 aromatic heterocycles. The Kier molecular flexibility index (Phi) is 6.95. The predicted molar refractivity (Wildman–Crippen MR) is 150 cm³/mol. The van der Waals surface area contributed by atoms with Gasteiger partial charge in [0.05, 0.1) is 37.6 Å². The molecule has 3 aromatic carbocycles. The maximum Gasteiger partial charge on any atom is 0.300 e. The van der Waals surface area contributed by atoms with Crippen LogP contribution in [0.15, 0.2) is 60.2 Å². The summed E-state index contributed by atoms with van der Waals surface area (Å²) in [5.74, 6) is -0.00223. The lowest BCUT2D eigenvalue weighted by Gasteiger charge is -2.29. The molecule has 0 spiro atoms. The second kappa shape index (κ2) is 10.4. The summed E-state index contributed by atoms with van der Waals surface area (Å²) in [6.07, 6.45) is 0. The number of nitrogens with zero attached hydrogens (tertiary/aromatic N) is 2. The zero-order chi connectivity index (χ0) is 27.8. The first-order chi connectivity index (χ1) is 18.7. The fraction of sp³-hybridized carbons (Fsp3) is 0.290. The Balaban J connectivity index is 1.73. The summed E-state index contributed by atoms with van der Waals surface area (Å²) in [5.41, 5.74) is 4.31. The highest BCUT2D eigenvalue weighted by molar-refractivity contribution is 6.51. The molecule has 5 rings (SSSR count). The van der Waals surface area contributed by atoms with Crippen molar-refractivity contribution in [3.8, 4) is 17.2 Å². The molecule has 0 bridgehead atoms. The number of Topliss-reactive ketones (excluding diaryl/α,β-unsaturated/α-hetero) is 1. The first kappa shape index (κ1) is 26.2. The number of carbonyl (C=O) groups is 2. The van der Waals surface area contributed by atoms with Crippen molar-refractivity contribution in [3.63, 3.8) is 0 Å². The number of carbonyl (C=O) groups excluding carboxylic acids is 2. The predicted octanol–water partition coefficient (Wildman–Crippen LogP) is 5.17. The summed E-state index contributed by atoms with van der Waals surface area (Å²) in [5, 5.41) is 11.6. The average Bonchev–Trinajstić information content (AvgIpc) is 3.18. The third-order valence-corrected chi connectivity index (χ3v) is 7.19. The summed E-state index contributed by atoms with van der Waals surface area (Å²) in [6, 6.07) is 15.4. The minimum Gasteiger partial charge on any atom is -0.507 e. The highest BCUT2D eigenvalue weighted by atomic mass is 16.5. The molecule has 1 atom stereocenters. The molecular formula is C31H32N2O6. The molecule has 39 heavy (non-hydrogen) atoms. The van der Waals surface area contributed by atoms with Crippen molar-refractivity contribution in [2.24, 2.45) is 0 Å². The van der Waals surface area contributed by atoms with Gasteiger partial charge in [0, 0.05) is 18.3 Å². The number of aryl methyl sites for hydroxylation is 2. The second-order valence-corrected chi connectivity index (χ2v) is 9.75. The Morgan fingerprint density at radius 2 is 1.82 bits per heavy atom. The van der Waals surface area contributed by atoms with E-state index in [0.717, 1.165) is 16.8 Å². The molecule has 1 N–H and O–H groups in total.